The maximum Gasteiger partial charge on any atom is 0.250 e. The molecule has 0 aliphatic heterocycles. The zero-order valence-corrected chi connectivity index (χ0v) is 6.58. The second kappa shape index (κ2) is 2.27. The minimum absolute atomic E-state index is 0.457. The molecule has 64 valence electrons. The Morgan fingerprint density at radius 1 is 1.58 bits per heavy atom. The van der Waals surface area contributed by atoms with E-state index < -0.39 is 5.91 Å². The van der Waals surface area contributed by atoms with Gasteiger partial charge in [0.15, 0.2) is 0 Å². The van der Waals surface area contributed by atoms with Gasteiger partial charge in [-0.1, -0.05) is 0 Å². The first-order valence-corrected chi connectivity index (χ1v) is 3.92. The average Bonchev–Trinajstić information content (AvgIpc) is 2.53. The van der Waals surface area contributed by atoms with Crippen LogP contribution in [0.5, 0.6) is 0 Å². The molecule has 2 rings (SSSR count). The van der Waals surface area contributed by atoms with Crippen molar-refractivity contribution in [3.05, 3.63) is 23.0 Å². The summed E-state index contributed by atoms with van der Waals surface area (Å²) in [7, 11) is 0. The Kier molecular flexibility index (Phi) is 1.36. The smallest absolute Gasteiger partial charge is 0.250 e. The van der Waals surface area contributed by atoms with E-state index in [1.807, 2.05) is 0 Å². The van der Waals surface area contributed by atoms with E-state index in [1.54, 1.807) is 0 Å². The van der Waals surface area contributed by atoms with Gasteiger partial charge in [-0.3, -0.25) is 4.79 Å². The SMILES string of the molecule is NC(=O)c1cn(O)c2c1CCC2. The molecule has 0 spiro atoms. The van der Waals surface area contributed by atoms with Gasteiger partial charge < -0.3 is 10.9 Å². The fourth-order valence-corrected chi connectivity index (χ4v) is 1.76. The van der Waals surface area contributed by atoms with Crippen molar-refractivity contribution in [2.24, 2.45) is 5.73 Å². The molecule has 3 N–H and O–H groups in total. The first-order chi connectivity index (χ1) is 5.70. The molecule has 1 amide bonds. The van der Waals surface area contributed by atoms with Crippen LogP contribution >= 0.6 is 0 Å². The molecule has 0 radical (unpaired) electrons. The predicted octanol–water partition coefficient (Wildman–Crippen LogP) is 0.313. The molecule has 0 saturated heterocycles. The normalized spacial score (nSPS) is 14.7. The molecule has 1 aliphatic rings. The lowest BCUT2D eigenvalue weighted by atomic mass is 10.1. The molecule has 0 saturated carbocycles. The Balaban J connectivity index is 2.58. The monoisotopic (exact) mass is 166 g/mol. The molecule has 1 aliphatic carbocycles. The molecule has 1 aromatic heterocycles. The number of primary amides is 1. The fraction of sp³-hybridized carbons (Fsp3) is 0.375. The van der Waals surface area contributed by atoms with Crippen molar-refractivity contribution in [2.45, 2.75) is 19.3 Å². The van der Waals surface area contributed by atoms with Gasteiger partial charge >= 0.3 is 0 Å². The minimum Gasteiger partial charge on any atom is -0.429 e. The zero-order valence-electron chi connectivity index (χ0n) is 6.58. The standard InChI is InChI=1S/C8H10N2O2/c9-8(11)6-4-10(12)7-3-1-2-5(6)7/h4,12H,1-3H2,(H2,9,11). The van der Waals surface area contributed by atoms with Crippen molar-refractivity contribution >= 4 is 5.91 Å². The molecule has 0 fully saturated rings. The molecule has 0 aromatic carbocycles. The van der Waals surface area contributed by atoms with Crippen molar-refractivity contribution in [3.8, 4) is 0 Å². The van der Waals surface area contributed by atoms with Gasteiger partial charge in [0.25, 0.3) is 5.91 Å². The summed E-state index contributed by atoms with van der Waals surface area (Å²) < 4.78 is 1.02. The molecule has 0 bridgehead atoms. The molecule has 1 aromatic rings. The van der Waals surface area contributed by atoms with Crippen LogP contribution in [0.4, 0.5) is 0 Å². The van der Waals surface area contributed by atoms with Crippen molar-refractivity contribution in [3.63, 3.8) is 0 Å². The highest BCUT2D eigenvalue weighted by atomic mass is 16.5. The summed E-state index contributed by atoms with van der Waals surface area (Å²) in [5.41, 5.74) is 7.36. The summed E-state index contributed by atoms with van der Waals surface area (Å²) in [5, 5.41) is 9.31. The molecule has 0 atom stereocenters. The number of amides is 1. The number of aromatic nitrogens is 1. The van der Waals surface area contributed by atoms with E-state index >= 15 is 0 Å². The molecule has 1 heterocycles. The molecule has 4 nitrogen and oxygen atoms in total. The summed E-state index contributed by atoms with van der Waals surface area (Å²) in [6, 6.07) is 0. The van der Waals surface area contributed by atoms with Gasteiger partial charge in [-0.2, -0.15) is 4.73 Å². The van der Waals surface area contributed by atoms with Gasteiger partial charge in [-0.25, -0.2) is 0 Å². The van der Waals surface area contributed by atoms with Gasteiger partial charge in [-0.05, 0) is 24.8 Å². The lowest BCUT2D eigenvalue weighted by Gasteiger charge is -1.93. The van der Waals surface area contributed by atoms with Gasteiger partial charge in [0.05, 0.1) is 17.5 Å². The van der Waals surface area contributed by atoms with Gasteiger partial charge in [0, 0.05) is 0 Å². The highest BCUT2D eigenvalue weighted by molar-refractivity contribution is 5.94. The van der Waals surface area contributed by atoms with Gasteiger partial charge in [-0.15, -0.1) is 0 Å². The zero-order chi connectivity index (χ0) is 8.72. The topological polar surface area (TPSA) is 68.2 Å². The van der Waals surface area contributed by atoms with E-state index in [0.717, 1.165) is 35.3 Å². The summed E-state index contributed by atoms with van der Waals surface area (Å²) >= 11 is 0. The number of hydrogen-bond donors (Lipinski definition) is 2. The number of carbonyl (C=O) groups excluding carboxylic acids is 1. The van der Waals surface area contributed by atoms with E-state index in [-0.39, 0.29) is 0 Å². The maximum atomic E-state index is 10.9. The molecule has 0 unspecified atom stereocenters. The van der Waals surface area contributed by atoms with Crippen LogP contribution in [0.15, 0.2) is 6.20 Å². The van der Waals surface area contributed by atoms with Crippen LogP contribution < -0.4 is 5.73 Å². The third-order valence-corrected chi connectivity index (χ3v) is 2.31. The third-order valence-electron chi connectivity index (χ3n) is 2.31. The number of carbonyl (C=O) groups is 1. The van der Waals surface area contributed by atoms with Crippen LogP contribution in [0.1, 0.15) is 28.0 Å². The number of nitrogens with two attached hydrogens (primary N) is 1. The van der Waals surface area contributed by atoms with Crippen LogP contribution in [0, 0.1) is 0 Å². The highest BCUT2D eigenvalue weighted by Gasteiger charge is 2.22. The van der Waals surface area contributed by atoms with Crippen LogP contribution in [0.3, 0.4) is 0 Å². The Hall–Kier alpha value is -1.45. The highest BCUT2D eigenvalue weighted by Crippen LogP contribution is 2.25. The maximum absolute atomic E-state index is 10.9. The first kappa shape index (κ1) is 7.21. The molecule has 12 heavy (non-hydrogen) atoms. The number of hydrogen-bond acceptors (Lipinski definition) is 2. The second-order valence-corrected chi connectivity index (χ2v) is 3.03. The van der Waals surface area contributed by atoms with E-state index in [9.17, 15) is 10.0 Å². The lowest BCUT2D eigenvalue weighted by molar-refractivity contribution is 0.0997. The van der Waals surface area contributed by atoms with Crippen LogP contribution in [0.25, 0.3) is 0 Å². The Labute approximate surface area is 69.6 Å². The summed E-state index contributed by atoms with van der Waals surface area (Å²) in [6.45, 7) is 0. The lowest BCUT2D eigenvalue weighted by Crippen LogP contribution is -2.11. The second-order valence-electron chi connectivity index (χ2n) is 3.03. The van der Waals surface area contributed by atoms with E-state index in [2.05, 4.69) is 0 Å². The number of nitrogens with zero attached hydrogens (tertiary/aromatic N) is 1. The van der Waals surface area contributed by atoms with Gasteiger partial charge in [0.1, 0.15) is 0 Å². The molecule has 4 heteroatoms. The minimum atomic E-state index is -0.457. The predicted molar refractivity (Wildman–Crippen MR) is 42.2 cm³/mol. The van der Waals surface area contributed by atoms with Crippen LogP contribution in [0.2, 0.25) is 0 Å². The number of fused-ring (bicyclic) bond motifs is 1. The van der Waals surface area contributed by atoms with E-state index in [4.69, 9.17) is 5.73 Å². The van der Waals surface area contributed by atoms with E-state index in [1.165, 1.54) is 6.20 Å². The Morgan fingerprint density at radius 2 is 2.33 bits per heavy atom. The summed E-state index contributed by atoms with van der Waals surface area (Å²) in [5.74, 6) is -0.457. The third kappa shape index (κ3) is 0.809. The van der Waals surface area contributed by atoms with Crippen LogP contribution in [-0.4, -0.2) is 15.8 Å². The van der Waals surface area contributed by atoms with Gasteiger partial charge in [0.2, 0.25) is 0 Å². The summed E-state index contributed by atoms with van der Waals surface area (Å²) in [4.78, 5) is 10.9. The quantitative estimate of drug-likeness (QED) is 0.589. The molecular formula is C8H10N2O2. The van der Waals surface area contributed by atoms with Crippen molar-refractivity contribution in [1.82, 2.24) is 4.73 Å². The Bertz CT molecular complexity index is 341. The Morgan fingerprint density at radius 3 is 3.00 bits per heavy atom. The van der Waals surface area contributed by atoms with Crippen molar-refractivity contribution < 1.29 is 10.0 Å². The van der Waals surface area contributed by atoms with Crippen LogP contribution in [-0.2, 0) is 12.8 Å². The van der Waals surface area contributed by atoms with E-state index in [0.29, 0.717) is 5.56 Å². The first-order valence-electron chi connectivity index (χ1n) is 3.92. The fourth-order valence-electron chi connectivity index (χ4n) is 1.76. The van der Waals surface area contributed by atoms with Crippen molar-refractivity contribution in [1.29, 1.82) is 0 Å². The van der Waals surface area contributed by atoms with Crippen molar-refractivity contribution in [2.75, 3.05) is 0 Å². The summed E-state index contributed by atoms with van der Waals surface area (Å²) in [6.07, 6.45) is 4.07. The molecular weight excluding hydrogens is 156 g/mol. The number of rotatable bonds is 1. The largest absolute Gasteiger partial charge is 0.429 e. The average molecular weight is 166 g/mol.